The molecule has 3 rings (SSSR count). The van der Waals surface area contributed by atoms with E-state index < -0.39 is 0 Å². The lowest BCUT2D eigenvalue weighted by Crippen LogP contribution is -2.19. The summed E-state index contributed by atoms with van der Waals surface area (Å²) in [5.41, 5.74) is 8.50. The summed E-state index contributed by atoms with van der Waals surface area (Å²) >= 11 is 0. The fraction of sp³-hybridized carbons (Fsp3) is 0.200. The normalized spacial score (nSPS) is 11.8. The summed E-state index contributed by atoms with van der Waals surface area (Å²) in [6.45, 7) is 16.6. The van der Waals surface area contributed by atoms with E-state index in [4.69, 9.17) is 9.47 Å². The van der Waals surface area contributed by atoms with Gasteiger partial charge >= 0.3 is 0 Å². The molecule has 39 heavy (non-hydrogen) atoms. The van der Waals surface area contributed by atoms with Crippen molar-refractivity contribution in [1.29, 1.82) is 0 Å². The summed E-state index contributed by atoms with van der Waals surface area (Å²) in [5.74, 6) is 1.47. The van der Waals surface area contributed by atoms with Crippen LogP contribution in [0.2, 0.25) is 0 Å². The van der Waals surface area contributed by atoms with E-state index in [9.17, 15) is 0 Å². The second-order valence-electron chi connectivity index (χ2n) is 9.35. The molecule has 0 saturated carbocycles. The van der Waals surface area contributed by atoms with E-state index in [-0.39, 0.29) is 0 Å². The Morgan fingerprint density at radius 1 is 0.692 bits per heavy atom. The first kappa shape index (κ1) is 29.1. The highest BCUT2D eigenvalue weighted by Gasteiger charge is 2.15. The van der Waals surface area contributed by atoms with Crippen LogP contribution in [-0.2, 0) is 9.47 Å². The third kappa shape index (κ3) is 7.78. The molecule has 3 aromatic rings. The number of allylic oxidation sites excluding steroid dienone is 6. The van der Waals surface area contributed by atoms with Crippen LogP contribution in [0.3, 0.4) is 0 Å². The Morgan fingerprint density at radius 3 is 1.59 bits per heavy atom. The van der Waals surface area contributed by atoms with Crippen LogP contribution in [0.5, 0.6) is 0 Å². The summed E-state index contributed by atoms with van der Waals surface area (Å²) in [5, 5.41) is 0. The molecule has 0 saturated heterocycles. The van der Waals surface area contributed by atoms with Crippen LogP contribution in [-0.4, -0.2) is 14.2 Å². The van der Waals surface area contributed by atoms with E-state index in [0.29, 0.717) is 5.76 Å². The minimum atomic E-state index is 0.562. The van der Waals surface area contributed by atoms with Crippen molar-refractivity contribution in [3.8, 4) is 0 Å². The summed E-state index contributed by atoms with van der Waals surface area (Å²) in [7, 11) is 3.30. The fourth-order valence-electron chi connectivity index (χ4n) is 4.13. The van der Waals surface area contributed by atoms with Gasteiger partial charge in [-0.05, 0) is 93.6 Å². The maximum Gasteiger partial charge on any atom is 0.111 e. The van der Waals surface area contributed by atoms with Gasteiger partial charge in [-0.2, -0.15) is 0 Å². The molecular formula is C35H40N2O2. The van der Waals surface area contributed by atoms with Gasteiger partial charge in [0.05, 0.1) is 20.0 Å². The Kier molecular flexibility index (Phi) is 10.4. The first-order chi connectivity index (χ1) is 18.8. The Bertz CT molecular complexity index is 1290. The number of benzene rings is 3. The molecule has 202 valence electrons. The van der Waals surface area contributed by atoms with Crippen LogP contribution in [0.4, 0.5) is 22.7 Å². The number of ether oxygens (including phenoxy) is 2. The molecule has 0 atom stereocenters. The van der Waals surface area contributed by atoms with Crippen molar-refractivity contribution in [2.24, 2.45) is 0 Å². The van der Waals surface area contributed by atoms with Crippen LogP contribution >= 0.6 is 0 Å². The molecule has 0 bridgehead atoms. The van der Waals surface area contributed by atoms with Gasteiger partial charge in [-0.3, -0.25) is 0 Å². The Balaban J connectivity index is 2.05. The van der Waals surface area contributed by atoms with Gasteiger partial charge < -0.3 is 19.3 Å². The van der Waals surface area contributed by atoms with Crippen LogP contribution in [0, 0.1) is 13.8 Å². The summed E-state index contributed by atoms with van der Waals surface area (Å²) in [4.78, 5) is 4.37. The molecule has 0 aliphatic heterocycles. The van der Waals surface area contributed by atoms with E-state index in [2.05, 4.69) is 123 Å². The zero-order chi connectivity index (χ0) is 28.4. The SMILES string of the molecule is C=C(/C=C\C(=C)N(/C(C)=C/C=C(\CC)OC)c1ccc(N(c2ccc(C)cc2)c2ccc(C)cc2)cc1)OC. The standard InChI is InChI=1S/C35H40N2O2/c1-9-35(39-8)25-15-29(5)36(28(4)14-16-30(6)38-7)31-21-23-34(24-22-31)37(32-17-10-26(2)11-18-32)33-19-12-27(3)13-20-33/h10-25H,4,6,9H2,1-3,5,7-8H3/b16-14-,29-15+,35-25+. The van der Waals surface area contributed by atoms with Gasteiger partial charge in [0.1, 0.15) is 5.76 Å². The minimum absolute atomic E-state index is 0.562. The average molecular weight is 521 g/mol. The maximum atomic E-state index is 5.46. The summed E-state index contributed by atoms with van der Waals surface area (Å²) in [6.07, 6.45) is 8.58. The molecule has 4 nitrogen and oxygen atoms in total. The van der Waals surface area contributed by atoms with Crippen LogP contribution in [0.1, 0.15) is 31.4 Å². The summed E-state index contributed by atoms with van der Waals surface area (Å²) < 4.78 is 10.7. The number of aryl methyl sites for hydroxylation is 2. The molecule has 0 heterocycles. The molecule has 4 heteroatoms. The number of methoxy groups -OCH3 is 2. The van der Waals surface area contributed by atoms with Crippen molar-refractivity contribution in [1.82, 2.24) is 0 Å². The Labute approximate surface area is 234 Å². The molecule has 0 N–H and O–H groups in total. The molecule has 0 aromatic heterocycles. The molecular weight excluding hydrogens is 480 g/mol. The minimum Gasteiger partial charge on any atom is -0.501 e. The zero-order valence-corrected chi connectivity index (χ0v) is 24.1. The van der Waals surface area contributed by atoms with Crippen LogP contribution in [0.25, 0.3) is 0 Å². The fourth-order valence-corrected chi connectivity index (χ4v) is 4.13. The largest absolute Gasteiger partial charge is 0.501 e. The monoisotopic (exact) mass is 520 g/mol. The van der Waals surface area contributed by atoms with Crippen LogP contribution in [0.15, 0.2) is 133 Å². The van der Waals surface area contributed by atoms with Crippen molar-refractivity contribution in [2.45, 2.75) is 34.1 Å². The third-order valence-corrected chi connectivity index (χ3v) is 6.44. The van der Waals surface area contributed by atoms with Gasteiger partial charge in [0.2, 0.25) is 0 Å². The molecule has 0 aliphatic rings. The first-order valence-corrected chi connectivity index (χ1v) is 13.1. The smallest absolute Gasteiger partial charge is 0.111 e. The van der Waals surface area contributed by atoms with Gasteiger partial charge in [0.15, 0.2) is 0 Å². The van der Waals surface area contributed by atoms with E-state index in [0.717, 1.165) is 46.3 Å². The second-order valence-corrected chi connectivity index (χ2v) is 9.35. The molecule has 0 unspecified atom stereocenters. The molecule has 0 spiro atoms. The highest BCUT2D eigenvalue weighted by atomic mass is 16.5. The number of rotatable bonds is 12. The van der Waals surface area contributed by atoms with Crippen molar-refractivity contribution < 1.29 is 9.47 Å². The van der Waals surface area contributed by atoms with Crippen LogP contribution < -0.4 is 9.80 Å². The second kappa shape index (κ2) is 13.9. The molecule has 0 fully saturated rings. The number of anilines is 4. The highest BCUT2D eigenvalue weighted by molar-refractivity contribution is 5.78. The quantitative estimate of drug-likeness (QED) is 0.175. The molecule has 0 amide bonds. The number of nitrogens with zero attached hydrogens (tertiary/aromatic N) is 2. The maximum absolute atomic E-state index is 5.46. The lowest BCUT2D eigenvalue weighted by molar-refractivity contribution is 0.281. The van der Waals surface area contributed by atoms with Crippen molar-refractivity contribution in [2.75, 3.05) is 24.0 Å². The van der Waals surface area contributed by atoms with E-state index in [1.807, 2.05) is 24.3 Å². The zero-order valence-electron chi connectivity index (χ0n) is 24.1. The van der Waals surface area contributed by atoms with Gasteiger partial charge in [-0.15, -0.1) is 0 Å². The van der Waals surface area contributed by atoms with Crippen molar-refractivity contribution >= 4 is 22.7 Å². The summed E-state index contributed by atoms with van der Waals surface area (Å²) in [6, 6.07) is 25.7. The Morgan fingerprint density at radius 2 is 1.15 bits per heavy atom. The van der Waals surface area contributed by atoms with Gasteiger partial charge in [0, 0.05) is 40.6 Å². The van der Waals surface area contributed by atoms with Crippen molar-refractivity contribution in [3.63, 3.8) is 0 Å². The molecule has 0 aliphatic carbocycles. The lowest BCUT2D eigenvalue weighted by Gasteiger charge is -2.29. The van der Waals surface area contributed by atoms with E-state index >= 15 is 0 Å². The Hall–Kier alpha value is -4.44. The first-order valence-electron chi connectivity index (χ1n) is 13.1. The van der Waals surface area contributed by atoms with Gasteiger partial charge in [-0.1, -0.05) is 55.5 Å². The average Bonchev–Trinajstić information content (AvgIpc) is 2.95. The van der Waals surface area contributed by atoms with E-state index in [1.54, 1.807) is 14.2 Å². The highest BCUT2D eigenvalue weighted by Crippen LogP contribution is 2.36. The lowest BCUT2D eigenvalue weighted by atomic mass is 10.1. The topological polar surface area (TPSA) is 24.9 Å². The number of hydrogen-bond donors (Lipinski definition) is 0. The van der Waals surface area contributed by atoms with Gasteiger partial charge in [-0.25, -0.2) is 0 Å². The van der Waals surface area contributed by atoms with E-state index in [1.165, 1.54) is 11.1 Å². The molecule has 0 radical (unpaired) electrons. The van der Waals surface area contributed by atoms with Gasteiger partial charge in [0.25, 0.3) is 0 Å². The third-order valence-electron chi connectivity index (χ3n) is 6.44. The molecule has 3 aromatic carbocycles. The predicted molar refractivity (Wildman–Crippen MR) is 167 cm³/mol. The predicted octanol–water partition coefficient (Wildman–Crippen LogP) is 9.65. The van der Waals surface area contributed by atoms with Crippen molar-refractivity contribution in [3.05, 3.63) is 144 Å². The number of hydrogen-bond acceptors (Lipinski definition) is 4.